The Balaban J connectivity index is 1.31. The van der Waals surface area contributed by atoms with Crippen molar-refractivity contribution in [2.24, 2.45) is 23.7 Å². The molecule has 0 spiro atoms. The smallest absolute Gasteiger partial charge is 0.119 e. The third kappa shape index (κ3) is 7.86. The van der Waals surface area contributed by atoms with E-state index in [1.807, 2.05) is 31.2 Å². The van der Waals surface area contributed by atoms with Crippen molar-refractivity contribution in [3.63, 3.8) is 0 Å². The van der Waals surface area contributed by atoms with Crippen LogP contribution in [-0.2, 0) is 0 Å². The van der Waals surface area contributed by atoms with Gasteiger partial charge in [-0.05, 0) is 86.6 Å². The maximum atomic E-state index is 5.48. The lowest BCUT2D eigenvalue weighted by Crippen LogP contribution is -2.17. The fourth-order valence-corrected chi connectivity index (χ4v) is 5.47. The summed E-state index contributed by atoms with van der Waals surface area (Å²) in [6.07, 6.45) is 21.9. The Labute approximate surface area is 185 Å². The second-order valence-electron chi connectivity index (χ2n) is 9.62. The third-order valence-corrected chi connectivity index (χ3v) is 7.37. The van der Waals surface area contributed by atoms with Crippen molar-refractivity contribution in [3.8, 4) is 17.6 Å². The molecule has 3 rings (SSSR count). The first-order valence-corrected chi connectivity index (χ1v) is 12.7. The quantitative estimate of drug-likeness (QED) is 0.395. The maximum absolute atomic E-state index is 5.48. The Morgan fingerprint density at radius 1 is 0.800 bits per heavy atom. The Bertz CT molecular complexity index is 673. The van der Waals surface area contributed by atoms with Gasteiger partial charge in [-0.1, -0.05) is 76.2 Å². The van der Waals surface area contributed by atoms with Crippen molar-refractivity contribution >= 4 is 0 Å². The lowest BCUT2D eigenvalue weighted by molar-refractivity contribution is 0.221. The zero-order valence-corrected chi connectivity index (χ0v) is 19.4. The van der Waals surface area contributed by atoms with Gasteiger partial charge in [0.2, 0.25) is 0 Å². The predicted molar refractivity (Wildman–Crippen MR) is 129 cm³/mol. The first-order valence-electron chi connectivity index (χ1n) is 12.7. The van der Waals surface area contributed by atoms with Crippen LogP contribution < -0.4 is 4.74 Å². The molecule has 0 N–H and O–H groups in total. The van der Waals surface area contributed by atoms with Crippen molar-refractivity contribution in [1.29, 1.82) is 0 Å². The number of ether oxygens (including phenoxy) is 1. The zero-order chi connectivity index (χ0) is 21.0. The summed E-state index contributed by atoms with van der Waals surface area (Å²) in [4.78, 5) is 0. The number of rotatable bonds is 8. The van der Waals surface area contributed by atoms with Crippen LogP contribution in [0.3, 0.4) is 0 Å². The molecule has 0 aliphatic heterocycles. The van der Waals surface area contributed by atoms with E-state index >= 15 is 0 Å². The molecule has 1 heteroatoms. The molecule has 0 aromatic heterocycles. The van der Waals surface area contributed by atoms with E-state index in [2.05, 4.69) is 30.9 Å². The second kappa shape index (κ2) is 12.9. The summed E-state index contributed by atoms with van der Waals surface area (Å²) in [6, 6.07) is 8.06. The van der Waals surface area contributed by atoms with E-state index in [0.29, 0.717) is 6.61 Å². The molecule has 0 amide bonds. The van der Waals surface area contributed by atoms with E-state index in [9.17, 15) is 0 Å². The molecular formula is C29H42O. The predicted octanol–water partition coefficient (Wildman–Crippen LogP) is 8.19. The lowest BCUT2D eigenvalue weighted by atomic mass is 9.75. The Morgan fingerprint density at radius 3 is 1.93 bits per heavy atom. The Kier molecular flexibility index (Phi) is 9.88. The molecule has 0 heterocycles. The molecule has 2 aliphatic carbocycles. The van der Waals surface area contributed by atoms with Gasteiger partial charge in [-0.25, -0.2) is 0 Å². The zero-order valence-electron chi connectivity index (χ0n) is 19.4. The summed E-state index contributed by atoms with van der Waals surface area (Å²) in [6.45, 7) is 5.05. The third-order valence-electron chi connectivity index (χ3n) is 7.37. The summed E-state index contributed by atoms with van der Waals surface area (Å²) >= 11 is 0. The van der Waals surface area contributed by atoms with Gasteiger partial charge in [0.1, 0.15) is 5.75 Å². The first-order chi connectivity index (χ1) is 14.8. The average molecular weight is 407 g/mol. The standard InChI is InChI=1S/C29H42O/c1-3-7-24-10-14-27(15-11-24)18-19-28-16-12-25(13-17-28)8-5-6-9-26-20-22-29(23-21-26)30-4-2/h5,8,20-25,27-28H,3-4,7,10-19H2,1-2H3/b8-5+/t24-,25?,27-,28?. The molecule has 0 radical (unpaired) electrons. The monoisotopic (exact) mass is 406 g/mol. The van der Waals surface area contributed by atoms with Crippen LogP contribution in [0.1, 0.15) is 96.5 Å². The highest BCUT2D eigenvalue weighted by Gasteiger charge is 2.23. The second-order valence-corrected chi connectivity index (χ2v) is 9.62. The van der Waals surface area contributed by atoms with Gasteiger partial charge in [-0.3, -0.25) is 0 Å². The van der Waals surface area contributed by atoms with E-state index in [1.165, 1.54) is 77.0 Å². The van der Waals surface area contributed by atoms with E-state index in [4.69, 9.17) is 4.74 Å². The SMILES string of the molecule is CCC[C@H]1CC[C@H](CCC2CCC(/C=C/C#Cc3ccc(OCC)cc3)CC2)CC1. The van der Waals surface area contributed by atoms with Crippen LogP contribution in [-0.4, -0.2) is 6.61 Å². The molecule has 30 heavy (non-hydrogen) atoms. The average Bonchev–Trinajstić information content (AvgIpc) is 2.78. The van der Waals surface area contributed by atoms with Crippen molar-refractivity contribution < 1.29 is 4.74 Å². The number of hydrogen-bond donors (Lipinski definition) is 0. The van der Waals surface area contributed by atoms with Crippen LogP contribution in [0.2, 0.25) is 0 Å². The molecule has 0 unspecified atom stereocenters. The highest BCUT2D eigenvalue weighted by molar-refractivity contribution is 5.40. The molecule has 0 bridgehead atoms. The minimum atomic E-state index is 0.704. The Morgan fingerprint density at radius 2 is 1.37 bits per heavy atom. The van der Waals surface area contributed by atoms with Crippen LogP contribution in [0.25, 0.3) is 0 Å². The van der Waals surface area contributed by atoms with E-state index < -0.39 is 0 Å². The lowest BCUT2D eigenvalue weighted by Gasteiger charge is -2.31. The molecule has 1 aromatic rings. The fraction of sp³-hybridized carbons (Fsp3) is 0.655. The molecule has 1 aromatic carbocycles. The molecule has 0 saturated heterocycles. The minimum Gasteiger partial charge on any atom is -0.494 e. The molecule has 2 fully saturated rings. The summed E-state index contributed by atoms with van der Waals surface area (Å²) in [5.41, 5.74) is 1.05. The normalized spacial score (nSPS) is 26.9. The van der Waals surface area contributed by atoms with Crippen LogP contribution in [0.5, 0.6) is 5.75 Å². The van der Waals surface area contributed by atoms with Crippen molar-refractivity contribution in [3.05, 3.63) is 42.0 Å². The maximum Gasteiger partial charge on any atom is 0.119 e. The van der Waals surface area contributed by atoms with E-state index in [1.54, 1.807) is 0 Å². The van der Waals surface area contributed by atoms with Gasteiger partial charge in [0.15, 0.2) is 0 Å². The Hall–Kier alpha value is -1.68. The summed E-state index contributed by atoms with van der Waals surface area (Å²) in [7, 11) is 0. The van der Waals surface area contributed by atoms with Crippen molar-refractivity contribution in [2.45, 2.75) is 90.9 Å². The molecule has 2 saturated carbocycles. The molecule has 164 valence electrons. The molecule has 2 aliphatic rings. The topological polar surface area (TPSA) is 9.23 Å². The summed E-state index contributed by atoms with van der Waals surface area (Å²) in [5, 5.41) is 0. The van der Waals surface area contributed by atoms with E-state index in [0.717, 1.165) is 35.0 Å². The number of allylic oxidation sites excluding steroid dienone is 2. The first kappa shape index (κ1) is 23.0. The van der Waals surface area contributed by atoms with Crippen LogP contribution in [0.4, 0.5) is 0 Å². The van der Waals surface area contributed by atoms with Gasteiger partial charge in [-0.2, -0.15) is 0 Å². The highest BCUT2D eigenvalue weighted by Crippen LogP contribution is 2.37. The van der Waals surface area contributed by atoms with Crippen molar-refractivity contribution in [2.75, 3.05) is 6.61 Å². The van der Waals surface area contributed by atoms with Crippen LogP contribution >= 0.6 is 0 Å². The number of hydrogen-bond acceptors (Lipinski definition) is 1. The van der Waals surface area contributed by atoms with Gasteiger partial charge in [-0.15, -0.1) is 0 Å². The molecular weight excluding hydrogens is 364 g/mol. The fourth-order valence-electron chi connectivity index (χ4n) is 5.47. The van der Waals surface area contributed by atoms with Crippen molar-refractivity contribution in [1.82, 2.24) is 0 Å². The van der Waals surface area contributed by atoms with Crippen LogP contribution in [0.15, 0.2) is 36.4 Å². The number of benzene rings is 1. The summed E-state index contributed by atoms with van der Waals surface area (Å²) in [5.74, 6) is 11.2. The minimum absolute atomic E-state index is 0.704. The van der Waals surface area contributed by atoms with Gasteiger partial charge in [0.05, 0.1) is 6.61 Å². The van der Waals surface area contributed by atoms with Crippen LogP contribution in [0, 0.1) is 35.5 Å². The molecule has 1 nitrogen and oxygen atoms in total. The highest BCUT2D eigenvalue weighted by atomic mass is 16.5. The van der Waals surface area contributed by atoms with E-state index in [-0.39, 0.29) is 0 Å². The van der Waals surface area contributed by atoms with Gasteiger partial charge >= 0.3 is 0 Å². The largest absolute Gasteiger partial charge is 0.494 e. The van der Waals surface area contributed by atoms with Gasteiger partial charge in [0, 0.05) is 5.56 Å². The summed E-state index contributed by atoms with van der Waals surface area (Å²) < 4.78 is 5.48. The van der Waals surface area contributed by atoms with Gasteiger partial charge < -0.3 is 4.74 Å². The molecule has 0 atom stereocenters. The van der Waals surface area contributed by atoms with Gasteiger partial charge in [0.25, 0.3) is 0 Å².